The van der Waals surface area contributed by atoms with Gasteiger partial charge in [-0.1, -0.05) is 31.0 Å². The highest BCUT2D eigenvalue weighted by Gasteiger charge is 2.46. The number of methoxy groups -OCH3 is 1. The van der Waals surface area contributed by atoms with E-state index < -0.39 is 5.60 Å². The van der Waals surface area contributed by atoms with E-state index in [-0.39, 0.29) is 6.04 Å². The van der Waals surface area contributed by atoms with E-state index >= 15 is 0 Å². The van der Waals surface area contributed by atoms with Gasteiger partial charge in [0.2, 0.25) is 0 Å². The van der Waals surface area contributed by atoms with E-state index in [0.717, 1.165) is 38.0 Å². The molecule has 3 atom stereocenters. The van der Waals surface area contributed by atoms with Gasteiger partial charge in [0.25, 0.3) is 0 Å². The lowest BCUT2D eigenvalue weighted by Crippen LogP contribution is -2.53. The van der Waals surface area contributed by atoms with Gasteiger partial charge in [0.1, 0.15) is 5.75 Å². The molecule has 2 aliphatic rings. The molecule has 0 amide bonds. The molecule has 2 N–H and O–H groups in total. The molecule has 0 bridgehead atoms. The number of hydrogen-bond acceptors (Lipinski definition) is 3. The number of aliphatic hydroxyl groups is 1. The van der Waals surface area contributed by atoms with Crippen LogP contribution in [-0.4, -0.2) is 24.4 Å². The van der Waals surface area contributed by atoms with Crippen LogP contribution in [0.15, 0.2) is 24.3 Å². The Hall–Kier alpha value is -1.06. The van der Waals surface area contributed by atoms with Gasteiger partial charge in [0.05, 0.1) is 12.7 Å². The molecular weight excluding hydrogens is 238 g/mol. The largest absolute Gasteiger partial charge is 0.496 e. The molecule has 1 heterocycles. The van der Waals surface area contributed by atoms with Crippen LogP contribution in [0.4, 0.5) is 0 Å². The number of fused-ring (bicyclic) bond motifs is 1. The molecule has 1 aromatic rings. The third kappa shape index (κ3) is 2.26. The summed E-state index contributed by atoms with van der Waals surface area (Å²) in [4.78, 5) is 0. The maximum Gasteiger partial charge on any atom is 0.123 e. The first-order valence-electron chi connectivity index (χ1n) is 7.33. The third-order valence-electron chi connectivity index (χ3n) is 4.86. The molecule has 2 fully saturated rings. The van der Waals surface area contributed by atoms with Crippen molar-refractivity contribution in [1.29, 1.82) is 0 Å². The van der Waals surface area contributed by atoms with Gasteiger partial charge in [-0.2, -0.15) is 0 Å². The average molecular weight is 261 g/mol. The summed E-state index contributed by atoms with van der Waals surface area (Å²) >= 11 is 0. The number of para-hydroxylation sites is 1. The number of ether oxygens (including phenoxy) is 1. The number of benzene rings is 1. The topological polar surface area (TPSA) is 41.5 Å². The van der Waals surface area contributed by atoms with Crippen LogP contribution in [0, 0.1) is 5.92 Å². The van der Waals surface area contributed by atoms with Crippen molar-refractivity contribution >= 4 is 0 Å². The van der Waals surface area contributed by atoms with E-state index in [1.54, 1.807) is 7.11 Å². The fourth-order valence-electron chi connectivity index (χ4n) is 3.87. The SMILES string of the molecule is COc1ccccc1[C@@H]1NCCC2(O)CCCCC12. The molecule has 3 nitrogen and oxygen atoms in total. The number of nitrogens with one attached hydrogen (secondary N) is 1. The highest BCUT2D eigenvalue weighted by molar-refractivity contribution is 5.37. The summed E-state index contributed by atoms with van der Waals surface area (Å²) in [6, 6.07) is 8.40. The summed E-state index contributed by atoms with van der Waals surface area (Å²) in [6.45, 7) is 0.885. The zero-order valence-corrected chi connectivity index (χ0v) is 11.6. The van der Waals surface area contributed by atoms with Crippen molar-refractivity contribution in [3.63, 3.8) is 0 Å². The van der Waals surface area contributed by atoms with Crippen LogP contribution in [0.1, 0.15) is 43.7 Å². The Morgan fingerprint density at radius 2 is 2.11 bits per heavy atom. The predicted octanol–water partition coefficient (Wildman–Crippen LogP) is 2.65. The van der Waals surface area contributed by atoms with E-state index in [1.807, 2.05) is 12.1 Å². The van der Waals surface area contributed by atoms with Crippen molar-refractivity contribution < 1.29 is 9.84 Å². The maximum absolute atomic E-state index is 10.9. The van der Waals surface area contributed by atoms with Gasteiger partial charge in [0.15, 0.2) is 0 Å². The van der Waals surface area contributed by atoms with E-state index in [0.29, 0.717) is 5.92 Å². The van der Waals surface area contributed by atoms with Gasteiger partial charge >= 0.3 is 0 Å². The maximum atomic E-state index is 10.9. The fourth-order valence-corrected chi connectivity index (χ4v) is 3.87. The Morgan fingerprint density at radius 1 is 1.26 bits per heavy atom. The van der Waals surface area contributed by atoms with Crippen molar-refractivity contribution in [2.75, 3.05) is 13.7 Å². The molecule has 1 aliphatic carbocycles. The van der Waals surface area contributed by atoms with Gasteiger partial charge in [-0.15, -0.1) is 0 Å². The van der Waals surface area contributed by atoms with Gasteiger partial charge in [-0.05, 0) is 31.9 Å². The average Bonchev–Trinajstić information content (AvgIpc) is 2.46. The minimum absolute atomic E-state index is 0.218. The van der Waals surface area contributed by atoms with Crippen LogP contribution >= 0.6 is 0 Å². The molecule has 3 heteroatoms. The molecule has 0 spiro atoms. The Balaban J connectivity index is 1.94. The summed E-state index contributed by atoms with van der Waals surface area (Å²) in [5.74, 6) is 1.24. The highest BCUT2D eigenvalue weighted by atomic mass is 16.5. The second kappa shape index (κ2) is 5.14. The monoisotopic (exact) mass is 261 g/mol. The third-order valence-corrected chi connectivity index (χ3v) is 4.86. The molecule has 1 aromatic carbocycles. The molecule has 0 radical (unpaired) electrons. The first-order chi connectivity index (χ1) is 9.24. The van der Waals surface area contributed by atoms with E-state index in [1.165, 1.54) is 12.0 Å². The molecule has 1 saturated carbocycles. The smallest absolute Gasteiger partial charge is 0.123 e. The predicted molar refractivity (Wildman–Crippen MR) is 75.3 cm³/mol. The Labute approximate surface area is 115 Å². The molecule has 3 rings (SSSR count). The molecule has 1 aliphatic heterocycles. The number of piperidine rings is 1. The Morgan fingerprint density at radius 3 is 2.95 bits per heavy atom. The minimum atomic E-state index is -0.477. The van der Waals surface area contributed by atoms with Crippen molar-refractivity contribution in [1.82, 2.24) is 5.32 Å². The lowest BCUT2D eigenvalue weighted by molar-refractivity contribution is -0.0863. The van der Waals surface area contributed by atoms with Crippen molar-refractivity contribution in [3.8, 4) is 5.75 Å². The quantitative estimate of drug-likeness (QED) is 0.860. The molecule has 0 aromatic heterocycles. The van der Waals surface area contributed by atoms with Gasteiger partial charge in [-0.3, -0.25) is 0 Å². The second-order valence-corrected chi connectivity index (χ2v) is 5.88. The zero-order valence-electron chi connectivity index (χ0n) is 11.6. The molecule has 2 unspecified atom stereocenters. The fraction of sp³-hybridized carbons (Fsp3) is 0.625. The Bertz CT molecular complexity index is 444. The van der Waals surface area contributed by atoms with Gasteiger partial charge < -0.3 is 15.2 Å². The first kappa shape index (κ1) is 12.9. The van der Waals surface area contributed by atoms with Crippen LogP contribution in [-0.2, 0) is 0 Å². The second-order valence-electron chi connectivity index (χ2n) is 5.88. The molecule has 104 valence electrons. The van der Waals surface area contributed by atoms with E-state index in [9.17, 15) is 5.11 Å². The summed E-state index contributed by atoms with van der Waals surface area (Å²) in [6.07, 6.45) is 5.31. The zero-order chi connectivity index (χ0) is 13.3. The Kier molecular flexibility index (Phi) is 3.50. The summed E-state index contributed by atoms with van der Waals surface area (Å²) < 4.78 is 5.49. The molecule has 1 saturated heterocycles. The van der Waals surface area contributed by atoms with Crippen molar-refractivity contribution in [3.05, 3.63) is 29.8 Å². The van der Waals surface area contributed by atoms with Crippen LogP contribution in [0.3, 0.4) is 0 Å². The first-order valence-corrected chi connectivity index (χ1v) is 7.33. The summed E-state index contributed by atoms with van der Waals surface area (Å²) in [5.41, 5.74) is 0.713. The van der Waals surface area contributed by atoms with Crippen LogP contribution in [0.25, 0.3) is 0 Å². The van der Waals surface area contributed by atoms with Crippen molar-refractivity contribution in [2.45, 2.75) is 43.7 Å². The number of rotatable bonds is 2. The standard InChI is InChI=1S/C16H23NO2/c1-19-14-8-3-2-6-12(14)15-13-7-4-5-9-16(13,18)10-11-17-15/h2-3,6,8,13,15,17-18H,4-5,7,9-11H2,1H3/t13?,15-,16?/m0/s1. The van der Waals surface area contributed by atoms with Crippen molar-refractivity contribution in [2.24, 2.45) is 5.92 Å². The highest BCUT2D eigenvalue weighted by Crippen LogP contribution is 2.47. The normalized spacial score (nSPS) is 34.6. The molecule has 19 heavy (non-hydrogen) atoms. The lowest BCUT2D eigenvalue weighted by Gasteiger charge is -2.48. The van der Waals surface area contributed by atoms with Crippen LogP contribution in [0.5, 0.6) is 5.75 Å². The van der Waals surface area contributed by atoms with E-state index in [2.05, 4.69) is 17.4 Å². The van der Waals surface area contributed by atoms with Gasteiger partial charge in [-0.25, -0.2) is 0 Å². The number of hydrogen-bond donors (Lipinski definition) is 2. The summed E-state index contributed by atoms with van der Waals surface area (Å²) in [5, 5.41) is 14.5. The lowest BCUT2D eigenvalue weighted by atomic mass is 9.66. The van der Waals surface area contributed by atoms with E-state index in [4.69, 9.17) is 4.74 Å². The minimum Gasteiger partial charge on any atom is -0.496 e. The van der Waals surface area contributed by atoms with Crippen LogP contribution < -0.4 is 10.1 Å². The van der Waals surface area contributed by atoms with Gasteiger partial charge in [0, 0.05) is 17.5 Å². The van der Waals surface area contributed by atoms with Crippen LogP contribution in [0.2, 0.25) is 0 Å². The summed E-state index contributed by atoms with van der Waals surface area (Å²) in [7, 11) is 1.72. The molecular formula is C16H23NO2.